The summed E-state index contributed by atoms with van der Waals surface area (Å²) in [5.41, 5.74) is 2.56. The Morgan fingerprint density at radius 2 is 2.04 bits per heavy atom. The number of nitrogens with zero attached hydrogens (tertiary/aromatic N) is 1. The molecule has 0 radical (unpaired) electrons. The fraction of sp³-hybridized carbons (Fsp3) is 0.188. The highest BCUT2D eigenvalue weighted by Gasteiger charge is 2.12. The van der Waals surface area contributed by atoms with Crippen molar-refractivity contribution in [3.63, 3.8) is 0 Å². The van der Waals surface area contributed by atoms with Crippen LogP contribution in [0, 0.1) is 19.7 Å². The van der Waals surface area contributed by atoms with Gasteiger partial charge >= 0.3 is 0 Å². The summed E-state index contributed by atoms with van der Waals surface area (Å²) in [6.07, 6.45) is 0. The van der Waals surface area contributed by atoms with E-state index < -0.39 is 5.82 Å². The van der Waals surface area contributed by atoms with Crippen LogP contribution in [0.15, 0.2) is 34.1 Å². The number of ether oxygens (including phenoxy) is 1. The lowest BCUT2D eigenvalue weighted by atomic mass is 10.2. The van der Waals surface area contributed by atoms with Crippen LogP contribution in [0.4, 0.5) is 15.2 Å². The lowest BCUT2D eigenvalue weighted by Gasteiger charge is -2.06. The van der Waals surface area contributed by atoms with Gasteiger partial charge in [0.1, 0.15) is 11.5 Å². The van der Waals surface area contributed by atoms with Crippen LogP contribution in [-0.4, -0.2) is 12.1 Å². The van der Waals surface area contributed by atoms with Crippen molar-refractivity contribution >= 4 is 34.6 Å². The molecule has 1 aromatic carbocycles. The normalized spacial score (nSPS) is 10.3. The lowest BCUT2D eigenvalue weighted by molar-refractivity contribution is 0.387. The average Bonchev–Trinajstić information content (AvgIpc) is 3.07. The van der Waals surface area contributed by atoms with Crippen molar-refractivity contribution < 1.29 is 13.5 Å². The molecule has 0 atom stereocenters. The summed E-state index contributed by atoms with van der Waals surface area (Å²) in [5, 5.41) is 5.84. The van der Waals surface area contributed by atoms with Crippen molar-refractivity contribution in [1.29, 1.82) is 0 Å². The predicted molar refractivity (Wildman–Crippen MR) is 92.8 cm³/mol. The summed E-state index contributed by atoms with van der Waals surface area (Å²) in [5.74, 6) is 1.51. The molecule has 0 saturated carbocycles. The van der Waals surface area contributed by atoms with Gasteiger partial charge in [-0.25, -0.2) is 9.37 Å². The molecule has 0 saturated heterocycles. The fourth-order valence-corrected chi connectivity index (χ4v) is 2.93. The number of benzene rings is 1. The number of nitrogens with one attached hydrogen (secondary N) is 1. The maximum Gasteiger partial charge on any atom is 0.187 e. The Morgan fingerprint density at radius 3 is 2.70 bits per heavy atom. The second-order valence-electron chi connectivity index (χ2n) is 4.84. The molecule has 0 aliphatic heterocycles. The van der Waals surface area contributed by atoms with Gasteiger partial charge in [0.05, 0.1) is 12.8 Å². The van der Waals surface area contributed by atoms with Crippen LogP contribution in [0.3, 0.4) is 0 Å². The van der Waals surface area contributed by atoms with Crippen molar-refractivity contribution in [3.8, 4) is 17.0 Å². The summed E-state index contributed by atoms with van der Waals surface area (Å²) >= 11 is 1.48. The van der Waals surface area contributed by atoms with Gasteiger partial charge in [0, 0.05) is 22.7 Å². The lowest BCUT2D eigenvalue weighted by Crippen LogP contribution is -1.93. The van der Waals surface area contributed by atoms with Gasteiger partial charge in [-0.2, -0.15) is 0 Å². The van der Waals surface area contributed by atoms with Gasteiger partial charge in [0.25, 0.3) is 0 Å². The van der Waals surface area contributed by atoms with Crippen LogP contribution in [-0.2, 0) is 0 Å². The first-order valence-corrected chi connectivity index (χ1v) is 7.58. The molecular formula is C16H16ClFN2O2S. The van der Waals surface area contributed by atoms with Crippen molar-refractivity contribution in [2.45, 2.75) is 13.8 Å². The van der Waals surface area contributed by atoms with Crippen molar-refractivity contribution in [1.82, 2.24) is 4.98 Å². The molecule has 7 heteroatoms. The molecule has 0 aliphatic carbocycles. The number of anilines is 2. The van der Waals surface area contributed by atoms with E-state index in [4.69, 9.17) is 9.15 Å². The van der Waals surface area contributed by atoms with Crippen molar-refractivity contribution in [2.24, 2.45) is 0 Å². The molecule has 0 spiro atoms. The summed E-state index contributed by atoms with van der Waals surface area (Å²) in [7, 11) is 1.44. The van der Waals surface area contributed by atoms with Crippen molar-refractivity contribution in [2.75, 3.05) is 12.4 Å². The molecule has 23 heavy (non-hydrogen) atoms. The van der Waals surface area contributed by atoms with E-state index in [1.54, 1.807) is 12.1 Å². The number of hydrogen-bond acceptors (Lipinski definition) is 5. The van der Waals surface area contributed by atoms with Crippen LogP contribution in [0.5, 0.6) is 5.75 Å². The highest BCUT2D eigenvalue weighted by molar-refractivity contribution is 7.14. The first kappa shape index (κ1) is 17.3. The molecule has 0 bridgehead atoms. The van der Waals surface area contributed by atoms with Gasteiger partial charge in [-0.1, -0.05) is 0 Å². The van der Waals surface area contributed by atoms with Gasteiger partial charge in [-0.05, 0) is 32.0 Å². The van der Waals surface area contributed by atoms with E-state index in [1.807, 2.05) is 25.3 Å². The van der Waals surface area contributed by atoms with E-state index in [0.717, 1.165) is 33.6 Å². The maximum absolute atomic E-state index is 13.4. The minimum Gasteiger partial charge on any atom is -0.494 e. The molecule has 2 heterocycles. The molecule has 3 rings (SSSR count). The highest BCUT2D eigenvalue weighted by Crippen LogP contribution is 2.31. The van der Waals surface area contributed by atoms with E-state index >= 15 is 0 Å². The van der Waals surface area contributed by atoms with Crippen LogP contribution < -0.4 is 10.1 Å². The topological polar surface area (TPSA) is 47.3 Å². The van der Waals surface area contributed by atoms with Gasteiger partial charge in [0.15, 0.2) is 16.7 Å². The number of methoxy groups -OCH3 is 1. The predicted octanol–water partition coefficient (Wildman–Crippen LogP) is 5.33. The Kier molecular flexibility index (Phi) is 5.28. The van der Waals surface area contributed by atoms with Gasteiger partial charge in [-0.15, -0.1) is 23.7 Å². The first-order chi connectivity index (χ1) is 10.6. The third-order valence-corrected chi connectivity index (χ3v) is 3.98. The monoisotopic (exact) mass is 354 g/mol. The first-order valence-electron chi connectivity index (χ1n) is 6.70. The van der Waals surface area contributed by atoms with Crippen LogP contribution in [0.25, 0.3) is 11.3 Å². The number of halogens is 2. The Labute approximate surface area is 143 Å². The zero-order chi connectivity index (χ0) is 15.7. The zero-order valence-electron chi connectivity index (χ0n) is 12.8. The summed E-state index contributed by atoms with van der Waals surface area (Å²) < 4.78 is 23.9. The average molecular weight is 355 g/mol. The molecule has 0 aliphatic rings. The molecule has 0 unspecified atom stereocenters. The molecule has 2 aromatic heterocycles. The molecule has 4 nitrogen and oxygen atoms in total. The second-order valence-corrected chi connectivity index (χ2v) is 5.70. The Morgan fingerprint density at radius 1 is 1.26 bits per heavy atom. The van der Waals surface area contributed by atoms with Gasteiger partial charge in [0.2, 0.25) is 0 Å². The van der Waals surface area contributed by atoms with E-state index in [9.17, 15) is 4.39 Å². The zero-order valence-corrected chi connectivity index (χ0v) is 14.5. The Balaban J connectivity index is 0.00000192. The molecule has 0 fully saturated rings. The largest absolute Gasteiger partial charge is 0.494 e. The van der Waals surface area contributed by atoms with E-state index in [2.05, 4.69) is 10.3 Å². The van der Waals surface area contributed by atoms with E-state index in [1.165, 1.54) is 24.5 Å². The van der Waals surface area contributed by atoms with Gasteiger partial charge < -0.3 is 14.5 Å². The number of furan rings is 1. The molecular weight excluding hydrogens is 339 g/mol. The van der Waals surface area contributed by atoms with Crippen molar-refractivity contribution in [3.05, 3.63) is 47.0 Å². The summed E-state index contributed by atoms with van der Waals surface area (Å²) in [4.78, 5) is 4.54. The third kappa shape index (κ3) is 3.65. The van der Waals surface area contributed by atoms with Crippen LogP contribution >= 0.6 is 23.7 Å². The molecule has 0 amide bonds. The minimum absolute atomic E-state index is 0. The van der Waals surface area contributed by atoms with Crippen LogP contribution in [0.1, 0.15) is 11.5 Å². The number of aromatic nitrogens is 1. The van der Waals surface area contributed by atoms with Crippen LogP contribution in [0.2, 0.25) is 0 Å². The number of aryl methyl sites for hydroxylation is 2. The minimum atomic E-state index is -0.391. The second kappa shape index (κ2) is 7.02. The van der Waals surface area contributed by atoms with E-state index in [0.29, 0.717) is 0 Å². The molecule has 1 N–H and O–H groups in total. The number of thiazole rings is 1. The Hall–Kier alpha value is -2.05. The highest BCUT2D eigenvalue weighted by atomic mass is 35.5. The Bertz CT molecular complexity index is 816. The number of rotatable bonds is 4. The standard InChI is InChI=1S/C16H15FN2O2S.ClH/c1-9-6-12(10(2)21-9)14-8-22-16(19-14)18-11-4-5-13(17)15(7-11)20-3;/h4-8H,1-3H3,(H,18,19);1H. The number of hydrogen-bond donors (Lipinski definition) is 1. The quantitative estimate of drug-likeness (QED) is 0.687. The SMILES string of the molecule is COc1cc(Nc2nc(-c3cc(C)oc3C)cs2)ccc1F.Cl. The van der Waals surface area contributed by atoms with E-state index in [-0.39, 0.29) is 18.2 Å². The third-order valence-electron chi connectivity index (χ3n) is 3.22. The maximum atomic E-state index is 13.4. The summed E-state index contributed by atoms with van der Waals surface area (Å²) in [6, 6.07) is 6.57. The smallest absolute Gasteiger partial charge is 0.187 e. The fourth-order valence-electron chi connectivity index (χ4n) is 2.20. The summed E-state index contributed by atoms with van der Waals surface area (Å²) in [6.45, 7) is 3.83. The van der Waals surface area contributed by atoms with Gasteiger partial charge in [-0.3, -0.25) is 0 Å². The molecule has 3 aromatic rings. The molecule has 122 valence electrons.